The Bertz CT molecular complexity index is 615. The van der Waals surface area contributed by atoms with Gasteiger partial charge in [-0.05, 0) is 25.1 Å². The molecular weight excluding hydrogens is 284 g/mol. The minimum absolute atomic E-state index is 0.0233. The largest absolute Gasteiger partial charge is 0.364 e. The van der Waals surface area contributed by atoms with Crippen LogP contribution in [0.15, 0.2) is 18.2 Å². The van der Waals surface area contributed by atoms with Crippen molar-refractivity contribution in [1.29, 1.82) is 0 Å². The molecule has 118 valence electrons. The van der Waals surface area contributed by atoms with Gasteiger partial charge in [-0.2, -0.15) is 0 Å². The van der Waals surface area contributed by atoms with Crippen molar-refractivity contribution in [3.05, 3.63) is 23.8 Å². The van der Waals surface area contributed by atoms with Crippen LogP contribution in [-0.4, -0.2) is 56.4 Å². The van der Waals surface area contributed by atoms with Gasteiger partial charge in [0.25, 0.3) is 5.91 Å². The fourth-order valence-electron chi connectivity index (χ4n) is 2.34. The summed E-state index contributed by atoms with van der Waals surface area (Å²) in [6.07, 6.45) is 0. The molecule has 1 heterocycles. The molecule has 3 amide bonds. The Balaban J connectivity index is 2.25. The molecule has 1 aliphatic heterocycles. The van der Waals surface area contributed by atoms with Crippen LogP contribution in [0, 0.1) is 0 Å². The summed E-state index contributed by atoms with van der Waals surface area (Å²) < 4.78 is 0. The summed E-state index contributed by atoms with van der Waals surface area (Å²) >= 11 is 0. The molecule has 1 aromatic carbocycles. The predicted molar refractivity (Wildman–Crippen MR) is 84.0 cm³/mol. The van der Waals surface area contributed by atoms with Crippen LogP contribution in [0.25, 0.3) is 0 Å². The number of carbonyl (C=O) groups excluding carboxylic acids is 3. The number of hydrogen-bond acceptors (Lipinski definition) is 4. The Labute approximate surface area is 129 Å². The number of fused-ring (bicyclic) bond motifs is 1. The van der Waals surface area contributed by atoms with Gasteiger partial charge in [-0.1, -0.05) is 0 Å². The quantitative estimate of drug-likeness (QED) is 0.837. The van der Waals surface area contributed by atoms with E-state index in [-0.39, 0.29) is 30.8 Å². The van der Waals surface area contributed by atoms with Crippen molar-refractivity contribution in [3.8, 4) is 0 Å². The molecule has 0 unspecified atom stereocenters. The average molecular weight is 304 g/mol. The van der Waals surface area contributed by atoms with Crippen molar-refractivity contribution in [1.82, 2.24) is 10.2 Å². The van der Waals surface area contributed by atoms with Crippen LogP contribution in [-0.2, 0) is 9.59 Å². The Morgan fingerprint density at radius 1 is 1.41 bits per heavy atom. The summed E-state index contributed by atoms with van der Waals surface area (Å²) in [6.45, 7) is 2.54. The molecule has 0 saturated carbocycles. The molecule has 0 saturated heterocycles. The number of carbonyl (C=O) groups is 3. The van der Waals surface area contributed by atoms with Crippen molar-refractivity contribution in [2.24, 2.45) is 0 Å². The van der Waals surface area contributed by atoms with Crippen molar-refractivity contribution in [2.45, 2.75) is 6.92 Å². The highest BCUT2D eigenvalue weighted by molar-refractivity contribution is 6.04. The highest BCUT2D eigenvalue weighted by Crippen LogP contribution is 2.29. The second-order valence-electron chi connectivity index (χ2n) is 5.13. The molecule has 7 heteroatoms. The van der Waals surface area contributed by atoms with E-state index >= 15 is 0 Å². The SMILES string of the molecule is CCN(CC(=O)NC)C(=O)c1ccc2c(c1)N(C)CC(=O)N2. The molecule has 0 atom stereocenters. The van der Waals surface area contributed by atoms with Crippen molar-refractivity contribution < 1.29 is 14.4 Å². The van der Waals surface area contributed by atoms with Gasteiger partial charge in [0.05, 0.1) is 24.5 Å². The number of benzene rings is 1. The van der Waals surface area contributed by atoms with E-state index in [9.17, 15) is 14.4 Å². The standard InChI is InChI=1S/C15H20N4O3/c1-4-19(9-13(20)16-2)15(22)10-5-6-11-12(7-10)18(3)8-14(21)17-11/h5-7H,4,8-9H2,1-3H3,(H,16,20)(H,17,21). The van der Waals surface area contributed by atoms with Crippen molar-refractivity contribution in [2.75, 3.05) is 43.9 Å². The molecule has 1 aromatic rings. The van der Waals surface area contributed by atoms with E-state index in [0.717, 1.165) is 5.69 Å². The second kappa shape index (κ2) is 6.46. The van der Waals surface area contributed by atoms with Crippen LogP contribution in [0.4, 0.5) is 11.4 Å². The Morgan fingerprint density at radius 2 is 2.14 bits per heavy atom. The fourth-order valence-corrected chi connectivity index (χ4v) is 2.34. The van der Waals surface area contributed by atoms with Crippen LogP contribution < -0.4 is 15.5 Å². The highest BCUT2D eigenvalue weighted by atomic mass is 16.2. The predicted octanol–water partition coefficient (Wildman–Crippen LogP) is 0.283. The van der Waals surface area contributed by atoms with Crippen molar-refractivity contribution in [3.63, 3.8) is 0 Å². The van der Waals surface area contributed by atoms with Gasteiger partial charge in [0, 0.05) is 26.2 Å². The van der Waals surface area contributed by atoms with E-state index in [1.807, 2.05) is 6.92 Å². The molecule has 0 fully saturated rings. The normalized spacial score (nSPS) is 13.2. The van der Waals surface area contributed by atoms with Crippen LogP contribution in [0.5, 0.6) is 0 Å². The number of rotatable bonds is 4. The maximum absolute atomic E-state index is 12.5. The van der Waals surface area contributed by atoms with Gasteiger partial charge in [0.1, 0.15) is 0 Å². The Hall–Kier alpha value is -2.57. The smallest absolute Gasteiger partial charge is 0.254 e. The first kappa shape index (κ1) is 15.8. The molecule has 1 aliphatic rings. The Morgan fingerprint density at radius 3 is 2.77 bits per heavy atom. The molecule has 2 N–H and O–H groups in total. The average Bonchev–Trinajstić information content (AvgIpc) is 2.51. The summed E-state index contributed by atoms with van der Waals surface area (Å²) in [7, 11) is 3.34. The molecule has 0 radical (unpaired) electrons. The third kappa shape index (κ3) is 3.19. The van der Waals surface area contributed by atoms with E-state index in [2.05, 4.69) is 10.6 Å². The number of anilines is 2. The van der Waals surface area contributed by atoms with Crippen LogP contribution in [0.2, 0.25) is 0 Å². The van der Waals surface area contributed by atoms with Gasteiger partial charge in [-0.3, -0.25) is 14.4 Å². The van der Waals surface area contributed by atoms with E-state index in [1.165, 1.54) is 11.9 Å². The highest BCUT2D eigenvalue weighted by Gasteiger charge is 2.22. The number of likely N-dealkylation sites (N-methyl/N-ethyl adjacent to an activating group) is 3. The summed E-state index contributed by atoms with van der Waals surface area (Å²) in [6, 6.07) is 5.11. The number of hydrogen-bond donors (Lipinski definition) is 2. The fraction of sp³-hybridized carbons (Fsp3) is 0.400. The van der Waals surface area contributed by atoms with Crippen LogP contribution in [0.1, 0.15) is 17.3 Å². The maximum Gasteiger partial charge on any atom is 0.254 e. The number of amides is 3. The van der Waals surface area contributed by atoms with Gasteiger partial charge in [0.2, 0.25) is 11.8 Å². The monoisotopic (exact) mass is 304 g/mol. The summed E-state index contributed by atoms with van der Waals surface area (Å²) in [4.78, 5) is 38.8. The third-order valence-corrected chi connectivity index (χ3v) is 3.59. The number of nitrogens with zero attached hydrogens (tertiary/aromatic N) is 2. The molecular formula is C15H20N4O3. The summed E-state index contributed by atoms with van der Waals surface area (Å²) in [5.41, 5.74) is 1.97. The first-order valence-corrected chi connectivity index (χ1v) is 7.11. The topological polar surface area (TPSA) is 81.8 Å². The molecule has 22 heavy (non-hydrogen) atoms. The summed E-state index contributed by atoms with van der Waals surface area (Å²) in [5, 5.41) is 5.28. The lowest BCUT2D eigenvalue weighted by atomic mass is 10.1. The molecule has 0 aliphatic carbocycles. The number of nitrogens with one attached hydrogen (secondary N) is 2. The Kier molecular flexibility index (Phi) is 4.65. The molecule has 2 rings (SSSR count). The maximum atomic E-state index is 12.5. The van der Waals surface area contributed by atoms with Crippen molar-refractivity contribution >= 4 is 29.1 Å². The molecule has 0 spiro atoms. The van der Waals surface area contributed by atoms with Gasteiger partial charge >= 0.3 is 0 Å². The lowest BCUT2D eigenvalue weighted by Crippen LogP contribution is -2.40. The lowest BCUT2D eigenvalue weighted by Gasteiger charge is -2.28. The first-order valence-electron chi connectivity index (χ1n) is 7.11. The second-order valence-corrected chi connectivity index (χ2v) is 5.13. The minimum Gasteiger partial charge on any atom is -0.364 e. The molecule has 0 bridgehead atoms. The first-order chi connectivity index (χ1) is 10.5. The van der Waals surface area contributed by atoms with Gasteiger partial charge in [-0.25, -0.2) is 0 Å². The van der Waals surface area contributed by atoms with Gasteiger partial charge < -0.3 is 20.4 Å². The van der Waals surface area contributed by atoms with E-state index < -0.39 is 0 Å². The summed E-state index contributed by atoms with van der Waals surface area (Å²) in [5.74, 6) is -0.499. The zero-order valence-electron chi connectivity index (χ0n) is 13.0. The van der Waals surface area contributed by atoms with Crippen LogP contribution >= 0.6 is 0 Å². The van der Waals surface area contributed by atoms with Gasteiger partial charge in [-0.15, -0.1) is 0 Å². The van der Waals surface area contributed by atoms with Crippen LogP contribution in [0.3, 0.4) is 0 Å². The third-order valence-electron chi connectivity index (χ3n) is 3.59. The zero-order valence-corrected chi connectivity index (χ0v) is 13.0. The molecule has 7 nitrogen and oxygen atoms in total. The van der Waals surface area contributed by atoms with Gasteiger partial charge in [0.15, 0.2) is 0 Å². The minimum atomic E-state index is -0.211. The zero-order chi connectivity index (χ0) is 16.3. The lowest BCUT2D eigenvalue weighted by molar-refractivity contribution is -0.121. The van der Waals surface area contributed by atoms with E-state index in [1.54, 1.807) is 30.1 Å². The molecule has 0 aromatic heterocycles. The van der Waals surface area contributed by atoms with E-state index in [4.69, 9.17) is 0 Å². The van der Waals surface area contributed by atoms with E-state index in [0.29, 0.717) is 17.8 Å².